The Morgan fingerprint density at radius 1 is 1.33 bits per heavy atom. The van der Waals surface area contributed by atoms with E-state index in [1.807, 2.05) is 51.1 Å². The Morgan fingerprint density at radius 3 is 2.50 bits per heavy atom. The summed E-state index contributed by atoms with van der Waals surface area (Å²) in [6, 6.07) is 9.60. The largest absolute Gasteiger partial charge is 0.447 e. The second-order valence-corrected chi connectivity index (χ2v) is 5.32. The van der Waals surface area contributed by atoms with Gasteiger partial charge < -0.3 is 15.2 Å². The molecule has 0 heterocycles. The first-order valence-corrected chi connectivity index (χ1v) is 6.04. The van der Waals surface area contributed by atoms with Gasteiger partial charge in [0.25, 0.3) is 0 Å². The molecule has 1 unspecified atom stereocenters. The number of nitrogens with one attached hydrogen (secondary N) is 1. The van der Waals surface area contributed by atoms with E-state index in [0.29, 0.717) is 6.42 Å². The molecule has 4 nitrogen and oxygen atoms in total. The van der Waals surface area contributed by atoms with E-state index in [0.717, 1.165) is 5.56 Å². The monoisotopic (exact) mass is 251 g/mol. The van der Waals surface area contributed by atoms with Gasteiger partial charge in [-0.15, -0.1) is 0 Å². The topological polar surface area (TPSA) is 58.6 Å². The van der Waals surface area contributed by atoms with Gasteiger partial charge in [0.05, 0.1) is 6.10 Å². The summed E-state index contributed by atoms with van der Waals surface area (Å²) in [6.07, 6.45) is -0.711. The van der Waals surface area contributed by atoms with E-state index in [-0.39, 0.29) is 12.1 Å². The Hall–Kier alpha value is -1.55. The van der Waals surface area contributed by atoms with Crippen LogP contribution in [0.25, 0.3) is 0 Å². The van der Waals surface area contributed by atoms with Gasteiger partial charge in [0.1, 0.15) is 6.61 Å². The fraction of sp³-hybridized carbons (Fsp3) is 0.500. The van der Waals surface area contributed by atoms with Crippen molar-refractivity contribution in [3.63, 3.8) is 0 Å². The van der Waals surface area contributed by atoms with E-state index < -0.39 is 12.2 Å². The third-order valence-corrected chi connectivity index (χ3v) is 2.20. The number of alkyl carbamates (subject to hydrolysis) is 1. The molecule has 0 spiro atoms. The molecule has 2 N–H and O–H groups in total. The number of ether oxygens (including phenoxy) is 1. The van der Waals surface area contributed by atoms with Crippen LogP contribution in [0, 0.1) is 0 Å². The first-order chi connectivity index (χ1) is 8.37. The van der Waals surface area contributed by atoms with E-state index >= 15 is 0 Å². The van der Waals surface area contributed by atoms with Crippen LogP contribution in [0.5, 0.6) is 0 Å². The molecule has 0 saturated carbocycles. The number of amides is 1. The van der Waals surface area contributed by atoms with Crippen molar-refractivity contribution >= 4 is 6.09 Å². The molecule has 1 rings (SSSR count). The second kappa shape index (κ2) is 6.40. The fourth-order valence-corrected chi connectivity index (χ4v) is 1.46. The molecule has 1 aromatic carbocycles. The van der Waals surface area contributed by atoms with Crippen molar-refractivity contribution in [2.24, 2.45) is 0 Å². The highest BCUT2D eigenvalue weighted by atomic mass is 16.6. The molecule has 1 amide bonds. The Bertz CT molecular complexity index is 370. The number of hydrogen-bond donors (Lipinski definition) is 2. The van der Waals surface area contributed by atoms with Crippen molar-refractivity contribution in [3.05, 3.63) is 35.9 Å². The van der Waals surface area contributed by atoms with E-state index in [4.69, 9.17) is 4.74 Å². The molecule has 100 valence electrons. The van der Waals surface area contributed by atoms with Gasteiger partial charge in [-0.05, 0) is 26.3 Å². The molecule has 0 bridgehead atoms. The lowest BCUT2D eigenvalue weighted by molar-refractivity contribution is 0.0652. The molecular formula is C14H21NO3. The van der Waals surface area contributed by atoms with Gasteiger partial charge in [-0.2, -0.15) is 0 Å². The van der Waals surface area contributed by atoms with Crippen LogP contribution >= 0.6 is 0 Å². The molecule has 0 fully saturated rings. The van der Waals surface area contributed by atoms with E-state index in [1.54, 1.807) is 0 Å². The van der Waals surface area contributed by atoms with E-state index in [1.165, 1.54) is 0 Å². The molecule has 0 aliphatic carbocycles. The third-order valence-electron chi connectivity index (χ3n) is 2.20. The zero-order chi connectivity index (χ0) is 13.6. The van der Waals surface area contributed by atoms with Crippen molar-refractivity contribution in [1.82, 2.24) is 5.32 Å². The number of aliphatic hydroxyl groups excluding tert-OH is 1. The summed E-state index contributed by atoms with van der Waals surface area (Å²) in [5.41, 5.74) is 0.686. The minimum atomic E-state index is -0.682. The zero-order valence-corrected chi connectivity index (χ0v) is 11.1. The number of rotatable bonds is 4. The molecule has 1 aromatic rings. The smallest absolute Gasteiger partial charge is 0.407 e. The maximum Gasteiger partial charge on any atom is 0.407 e. The van der Waals surface area contributed by atoms with Gasteiger partial charge in [-0.3, -0.25) is 0 Å². The van der Waals surface area contributed by atoms with Crippen molar-refractivity contribution < 1.29 is 14.6 Å². The van der Waals surface area contributed by atoms with E-state index in [9.17, 15) is 9.90 Å². The van der Waals surface area contributed by atoms with Crippen molar-refractivity contribution in [2.75, 3.05) is 6.61 Å². The average Bonchev–Trinajstić information content (AvgIpc) is 2.25. The van der Waals surface area contributed by atoms with Crippen molar-refractivity contribution in [1.29, 1.82) is 0 Å². The van der Waals surface area contributed by atoms with Gasteiger partial charge in [0, 0.05) is 12.0 Å². The van der Waals surface area contributed by atoms with Crippen LogP contribution in [0.1, 0.15) is 26.3 Å². The van der Waals surface area contributed by atoms with Crippen LogP contribution in [-0.2, 0) is 11.2 Å². The molecule has 0 saturated heterocycles. The lowest BCUT2D eigenvalue weighted by atomic mass is 10.1. The van der Waals surface area contributed by atoms with Crippen molar-refractivity contribution in [3.8, 4) is 0 Å². The SMILES string of the molecule is CC(C)(C)NC(=O)OCC(O)Cc1ccccc1. The summed E-state index contributed by atoms with van der Waals surface area (Å²) in [5.74, 6) is 0. The van der Waals surface area contributed by atoms with Crippen LogP contribution in [0.2, 0.25) is 0 Å². The highest BCUT2D eigenvalue weighted by molar-refractivity contribution is 5.68. The van der Waals surface area contributed by atoms with Crippen LogP contribution < -0.4 is 5.32 Å². The Balaban J connectivity index is 2.29. The molecule has 4 heteroatoms. The highest BCUT2D eigenvalue weighted by Crippen LogP contribution is 2.04. The summed E-state index contributed by atoms with van der Waals surface area (Å²) in [4.78, 5) is 11.4. The molecular weight excluding hydrogens is 230 g/mol. The number of carbonyl (C=O) groups excluding carboxylic acids is 1. The summed E-state index contributed by atoms with van der Waals surface area (Å²) < 4.78 is 4.95. The van der Waals surface area contributed by atoms with Gasteiger partial charge in [-0.1, -0.05) is 30.3 Å². The number of carbonyl (C=O) groups is 1. The molecule has 0 aliphatic rings. The first kappa shape index (κ1) is 14.5. The number of aliphatic hydroxyl groups is 1. The highest BCUT2D eigenvalue weighted by Gasteiger charge is 2.16. The van der Waals surface area contributed by atoms with Crippen LogP contribution in [0.15, 0.2) is 30.3 Å². The minimum absolute atomic E-state index is 0.00317. The summed E-state index contributed by atoms with van der Waals surface area (Å²) >= 11 is 0. The average molecular weight is 251 g/mol. The molecule has 0 radical (unpaired) electrons. The van der Waals surface area contributed by atoms with E-state index in [2.05, 4.69) is 5.32 Å². The Labute approximate surface area is 108 Å². The van der Waals surface area contributed by atoms with Gasteiger partial charge >= 0.3 is 6.09 Å². The summed E-state index contributed by atoms with van der Waals surface area (Å²) in [5, 5.41) is 12.4. The Kier molecular flexibility index (Phi) is 5.16. The second-order valence-electron chi connectivity index (χ2n) is 5.32. The van der Waals surface area contributed by atoms with Gasteiger partial charge in [0.2, 0.25) is 0 Å². The number of benzene rings is 1. The zero-order valence-electron chi connectivity index (χ0n) is 11.1. The molecule has 0 aromatic heterocycles. The van der Waals surface area contributed by atoms with Gasteiger partial charge in [-0.25, -0.2) is 4.79 Å². The maximum atomic E-state index is 11.4. The molecule has 0 aliphatic heterocycles. The maximum absolute atomic E-state index is 11.4. The summed E-state index contributed by atoms with van der Waals surface area (Å²) in [7, 11) is 0. The lowest BCUT2D eigenvalue weighted by Gasteiger charge is -2.20. The normalized spacial score (nSPS) is 12.9. The minimum Gasteiger partial charge on any atom is -0.447 e. The van der Waals surface area contributed by atoms with Crippen LogP contribution in [0.3, 0.4) is 0 Å². The summed E-state index contributed by atoms with van der Waals surface area (Å²) in [6.45, 7) is 5.61. The standard InChI is InChI=1S/C14H21NO3/c1-14(2,3)15-13(17)18-10-12(16)9-11-7-5-4-6-8-11/h4-8,12,16H,9-10H2,1-3H3,(H,15,17). The van der Waals surface area contributed by atoms with Crippen LogP contribution in [0.4, 0.5) is 4.79 Å². The molecule has 18 heavy (non-hydrogen) atoms. The quantitative estimate of drug-likeness (QED) is 0.861. The lowest BCUT2D eigenvalue weighted by Crippen LogP contribution is -2.41. The number of hydrogen-bond acceptors (Lipinski definition) is 3. The predicted octanol–water partition coefficient (Wildman–Crippen LogP) is 2.11. The van der Waals surface area contributed by atoms with Gasteiger partial charge in [0.15, 0.2) is 0 Å². The first-order valence-electron chi connectivity index (χ1n) is 6.04. The predicted molar refractivity (Wildman–Crippen MR) is 70.4 cm³/mol. The third kappa shape index (κ3) is 6.25. The van der Waals surface area contributed by atoms with Crippen molar-refractivity contribution in [2.45, 2.75) is 38.8 Å². The molecule has 1 atom stereocenters. The Morgan fingerprint density at radius 2 is 1.94 bits per heavy atom. The van der Waals surface area contributed by atoms with Crippen LogP contribution in [-0.4, -0.2) is 29.4 Å². The fourth-order valence-electron chi connectivity index (χ4n) is 1.46.